The lowest BCUT2D eigenvalue weighted by Gasteiger charge is -2.08. The molecule has 1 rings (SSSR count). The maximum atomic E-state index is 11.1. The van der Waals surface area contributed by atoms with E-state index in [1.54, 1.807) is 25.5 Å². The van der Waals surface area contributed by atoms with Gasteiger partial charge in [-0.3, -0.25) is 4.79 Å². The first-order valence-corrected chi connectivity index (χ1v) is 4.17. The fourth-order valence-electron chi connectivity index (χ4n) is 0.995. The highest BCUT2D eigenvalue weighted by atomic mass is 16.5. The first kappa shape index (κ1) is 9.80. The third kappa shape index (κ3) is 2.91. The summed E-state index contributed by atoms with van der Waals surface area (Å²) in [6.45, 7) is 2.11. The van der Waals surface area contributed by atoms with Crippen molar-refractivity contribution in [1.82, 2.24) is 0 Å². The van der Waals surface area contributed by atoms with Crippen LogP contribution in [0.1, 0.15) is 12.5 Å². The lowest BCUT2D eigenvalue weighted by atomic mass is 10.1. The van der Waals surface area contributed by atoms with Gasteiger partial charge in [-0.1, -0.05) is 0 Å². The van der Waals surface area contributed by atoms with Gasteiger partial charge in [0.25, 0.3) is 0 Å². The zero-order valence-electron chi connectivity index (χ0n) is 7.53. The van der Waals surface area contributed by atoms with Gasteiger partial charge in [-0.05, 0) is 18.6 Å². The van der Waals surface area contributed by atoms with Gasteiger partial charge < -0.3 is 14.9 Å². The molecular formula is C9H13NO3. The Bertz CT molecular complexity index is 256. The number of rotatable bonds is 4. The number of hydrogen-bond acceptors (Lipinski definition) is 4. The molecule has 0 bridgehead atoms. The van der Waals surface area contributed by atoms with Crippen LogP contribution in [0.15, 0.2) is 23.0 Å². The Labute approximate surface area is 76.7 Å². The van der Waals surface area contributed by atoms with Gasteiger partial charge in [0, 0.05) is 6.42 Å². The molecule has 1 aromatic rings. The summed E-state index contributed by atoms with van der Waals surface area (Å²) in [7, 11) is 0. The predicted octanol–water partition coefficient (Wildman–Crippen LogP) is 0.712. The number of esters is 1. The van der Waals surface area contributed by atoms with Crippen LogP contribution in [0.25, 0.3) is 0 Å². The molecule has 2 N–H and O–H groups in total. The maximum Gasteiger partial charge on any atom is 0.323 e. The van der Waals surface area contributed by atoms with E-state index in [-0.39, 0.29) is 5.97 Å². The lowest BCUT2D eigenvalue weighted by Crippen LogP contribution is -2.34. The summed E-state index contributed by atoms with van der Waals surface area (Å²) >= 11 is 0. The van der Waals surface area contributed by atoms with E-state index in [9.17, 15) is 4.79 Å². The Hall–Kier alpha value is -1.29. The Morgan fingerprint density at radius 1 is 1.77 bits per heavy atom. The molecule has 1 heterocycles. The summed E-state index contributed by atoms with van der Waals surface area (Å²) in [5.41, 5.74) is 6.48. The number of carbonyl (C=O) groups excluding carboxylic acids is 1. The second-order valence-corrected chi connectivity index (χ2v) is 2.69. The van der Waals surface area contributed by atoms with Crippen molar-refractivity contribution in [2.24, 2.45) is 5.73 Å². The van der Waals surface area contributed by atoms with E-state index in [4.69, 9.17) is 14.9 Å². The Morgan fingerprint density at radius 2 is 2.54 bits per heavy atom. The van der Waals surface area contributed by atoms with Crippen molar-refractivity contribution in [2.75, 3.05) is 6.61 Å². The molecule has 0 aliphatic heterocycles. The maximum absolute atomic E-state index is 11.1. The average molecular weight is 183 g/mol. The van der Waals surface area contributed by atoms with Gasteiger partial charge >= 0.3 is 5.97 Å². The van der Waals surface area contributed by atoms with Crippen LogP contribution in [0.3, 0.4) is 0 Å². The minimum absolute atomic E-state index is 0.359. The molecule has 0 saturated heterocycles. The summed E-state index contributed by atoms with van der Waals surface area (Å²) < 4.78 is 9.61. The van der Waals surface area contributed by atoms with Gasteiger partial charge in [-0.2, -0.15) is 0 Å². The van der Waals surface area contributed by atoms with Gasteiger partial charge in [-0.15, -0.1) is 0 Å². The van der Waals surface area contributed by atoms with Crippen molar-refractivity contribution in [3.05, 3.63) is 24.2 Å². The lowest BCUT2D eigenvalue weighted by molar-refractivity contribution is -0.144. The fraction of sp³-hybridized carbons (Fsp3) is 0.444. The molecular weight excluding hydrogens is 170 g/mol. The second-order valence-electron chi connectivity index (χ2n) is 2.69. The fourth-order valence-corrected chi connectivity index (χ4v) is 0.995. The predicted molar refractivity (Wildman–Crippen MR) is 47.0 cm³/mol. The highest BCUT2D eigenvalue weighted by Gasteiger charge is 2.15. The van der Waals surface area contributed by atoms with Crippen LogP contribution in [0.5, 0.6) is 0 Å². The van der Waals surface area contributed by atoms with E-state index in [0.29, 0.717) is 13.0 Å². The Morgan fingerprint density at radius 3 is 3.08 bits per heavy atom. The van der Waals surface area contributed by atoms with Crippen molar-refractivity contribution in [1.29, 1.82) is 0 Å². The third-order valence-corrected chi connectivity index (χ3v) is 1.63. The molecule has 72 valence electrons. The van der Waals surface area contributed by atoms with Crippen LogP contribution in [0.4, 0.5) is 0 Å². The molecule has 0 aliphatic rings. The topological polar surface area (TPSA) is 65.5 Å². The molecule has 0 radical (unpaired) electrons. The molecule has 0 fully saturated rings. The van der Waals surface area contributed by atoms with Crippen molar-refractivity contribution in [2.45, 2.75) is 19.4 Å². The smallest absolute Gasteiger partial charge is 0.323 e. The molecule has 4 nitrogen and oxygen atoms in total. The van der Waals surface area contributed by atoms with Crippen LogP contribution in [-0.4, -0.2) is 18.6 Å². The van der Waals surface area contributed by atoms with Crippen molar-refractivity contribution < 1.29 is 13.9 Å². The number of nitrogens with two attached hydrogens (primary N) is 1. The molecule has 0 saturated carbocycles. The monoisotopic (exact) mass is 183 g/mol. The molecule has 4 heteroatoms. The van der Waals surface area contributed by atoms with Crippen molar-refractivity contribution >= 4 is 5.97 Å². The van der Waals surface area contributed by atoms with Crippen LogP contribution < -0.4 is 5.73 Å². The van der Waals surface area contributed by atoms with Gasteiger partial charge in [0.05, 0.1) is 19.1 Å². The number of furan rings is 1. The molecule has 0 amide bonds. The summed E-state index contributed by atoms with van der Waals surface area (Å²) in [5, 5.41) is 0. The SMILES string of the molecule is CCOC(=O)C(N)Cc1ccoc1. The Balaban J connectivity index is 2.41. The van der Waals surface area contributed by atoms with E-state index < -0.39 is 6.04 Å². The minimum Gasteiger partial charge on any atom is -0.472 e. The largest absolute Gasteiger partial charge is 0.472 e. The number of ether oxygens (including phenoxy) is 1. The second kappa shape index (κ2) is 4.67. The van der Waals surface area contributed by atoms with Gasteiger partial charge in [0.1, 0.15) is 6.04 Å². The van der Waals surface area contributed by atoms with Crippen molar-refractivity contribution in [3.8, 4) is 0 Å². The summed E-state index contributed by atoms with van der Waals surface area (Å²) in [4.78, 5) is 11.1. The highest BCUT2D eigenvalue weighted by molar-refractivity contribution is 5.75. The van der Waals surface area contributed by atoms with E-state index >= 15 is 0 Å². The molecule has 1 atom stereocenters. The Kier molecular flexibility index (Phi) is 3.52. The van der Waals surface area contributed by atoms with E-state index in [1.807, 2.05) is 0 Å². The van der Waals surface area contributed by atoms with Gasteiger partial charge in [0.2, 0.25) is 0 Å². The summed E-state index contributed by atoms with van der Waals surface area (Å²) in [6.07, 6.45) is 3.57. The van der Waals surface area contributed by atoms with Crippen LogP contribution >= 0.6 is 0 Å². The molecule has 0 aliphatic carbocycles. The van der Waals surface area contributed by atoms with Gasteiger partial charge in [0.15, 0.2) is 0 Å². The minimum atomic E-state index is -0.599. The molecule has 0 spiro atoms. The van der Waals surface area contributed by atoms with Crippen LogP contribution in [0.2, 0.25) is 0 Å². The van der Waals surface area contributed by atoms with Gasteiger partial charge in [-0.25, -0.2) is 0 Å². The summed E-state index contributed by atoms with van der Waals surface area (Å²) in [6, 6.07) is 1.18. The zero-order chi connectivity index (χ0) is 9.68. The molecule has 1 aromatic heterocycles. The van der Waals surface area contributed by atoms with E-state index in [1.165, 1.54) is 0 Å². The standard InChI is InChI=1S/C9H13NO3/c1-2-13-9(11)8(10)5-7-3-4-12-6-7/h3-4,6,8H,2,5,10H2,1H3. The number of carbonyl (C=O) groups is 1. The first-order valence-electron chi connectivity index (χ1n) is 4.17. The highest BCUT2D eigenvalue weighted by Crippen LogP contribution is 2.03. The van der Waals surface area contributed by atoms with Crippen LogP contribution in [0, 0.1) is 0 Å². The molecule has 0 aromatic carbocycles. The zero-order valence-corrected chi connectivity index (χ0v) is 7.53. The van der Waals surface area contributed by atoms with Crippen LogP contribution in [-0.2, 0) is 16.0 Å². The molecule has 1 unspecified atom stereocenters. The quantitative estimate of drug-likeness (QED) is 0.698. The molecule has 13 heavy (non-hydrogen) atoms. The van der Waals surface area contributed by atoms with Crippen molar-refractivity contribution in [3.63, 3.8) is 0 Å². The van der Waals surface area contributed by atoms with E-state index in [0.717, 1.165) is 5.56 Å². The van der Waals surface area contributed by atoms with E-state index in [2.05, 4.69) is 0 Å². The first-order chi connectivity index (χ1) is 6.24. The summed E-state index contributed by atoms with van der Waals surface area (Å²) in [5.74, 6) is -0.372. The third-order valence-electron chi connectivity index (χ3n) is 1.63. The average Bonchev–Trinajstić information content (AvgIpc) is 2.57. The number of hydrogen-bond donors (Lipinski definition) is 1. The normalized spacial score (nSPS) is 12.5.